The number of benzene rings is 1. The molecule has 6 nitrogen and oxygen atoms in total. The zero-order valence-electron chi connectivity index (χ0n) is 15.0. The number of nitrogens with one attached hydrogen (secondary N) is 2. The molecule has 1 aromatic carbocycles. The number of guanidine groups is 1. The Balaban J connectivity index is 1.59. The molecule has 1 atom stereocenters. The van der Waals surface area contributed by atoms with E-state index in [9.17, 15) is 4.39 Å². The van der Waals surface area contributed by atoms with E-state index in [1.54, 1.807) is 13.1 Å². The highest BCUT2D eigenvalue weighted by atomic mass is 19.1. The van der Waals surface area contributed by atoms with Crippen molar-refractivity contribution in [1.29, 1.82) is 0 Å². The Morgan fingerprint density at radius 2 is 2.28 bits per heavy atom. The molecule has 140 valence electrons. The lowest BCUT2D eigenvalue weighted by molar-refractivity contribution is 0.0168. The zero-order valence-corrected chi connectivity index (χ0v) is 15.0. The van der Waals surface area contributed by atoms with Crippen LogP contribution in [0.4, 0.5) is 4.39 Å². The molecular formula is C18H28FN3O3. The molecule has 1 heterocycles. The first kappa shape index (κ1) is 19.5. The Labute approximate surface area is 148 Å². The van der Waals surface area contributed by atoms with Crippen LogP contribution in [-0.4, -0.2) is 52.6 Å². The fourth-order valence-electron chi connectivity index (χ4n) is 2.60. The topological polar surface area (TPSA) is 64.1 Å². The molecule has 1 aromatic rings. The van der Waals surface area contributed by atoms with E-state index in [0.717, 1.165) is 38.0 Å². The maximum atomic E-state index is 13.7. The predicted octanol–water partition coefficient (Wildman–Crippen LogP) is 2.08. The average molecular weight is 353 g/mol. The monoisotopic (exact) mass is 353 g/mol. The van der Waals surface area contributed by atoms with E-state index in [1.165, 1.54) is 13.2 Å². The lowest BCUT2D eigenvalue weighted by atomic mass is 10.2. The van der Waals surface area contributed by atoms with Crippen LogP contribution in [0.25, 0.3) is 0 Å². The smallest absolute Gasteiger partial charge is 0.191 e. The fourth-order valence-corrected chi connectivity index (χ4v) is 2.60. The van der Waals surface area contributed by atoms with Crippen molar-refractivity contribution in [3.05, 3.63) is 29.6 Å². The molecule has 1 saturated heterocycles. The Morgan fingerprint density at radius 3 is 2.96 bits per heavy atom. The first-order valence-electron chi connectivity index (χ1n) is 8.69. The summed E-state index contributed by atoms with van der Waals surface area (Å²) in [6.07, 6.45) is 3.38. The minimum atomic E-state index is -0.367. The Hall–Kier alpha value is -1.86. The fraction of sp³-hybridized carbons (Fsp3) is 0.611. The number of hydrogen-bond acceptors (Lipinski definition) is 4. The summed E-state index contributed by atoms with van der Waals surface area (Å²) in [6, 6.07) is 4.90. The minimum Gasteiger partial charge on any atom is -0.494 e. The Bertz CT molecular complexity index is 548. The summed E-state index contributed by atoms with van der Waals surface area (Å²) in [5.74, 6) is 0.553. The first-order valence-corrected chi connectivity index (χ1v) is 8.69. The van der Waals surface area contributed by atoms with Crippen LogP contribution in [0.5, 0.6) is 5.75 Å². The van der Waals surface area contributed by atoms with E-state index in [-0.39, 0.29) is 17.7 Å². The third-order valence-corrected chi connectivity index (χ3v) is 3.99. The molecule has 1 aliphatic rings. The molecule has 0 spiro atoms. The van der Waals surface area contributed by atoms with Crippen LogP contribution in [0, 0.1) is 5.82 Å². The van der Waals surface area contributed by atoms with Crippen molar-refractivity contribution in [1.82, 2.24) is 10.6 Å². The van der Waals surface area contributed by atoms with Crippen molar-refractivity contribution in [2.75, 3.05) is 40.5 Å². The number of halogens is 1. The summed E-state index contributed by atoms with van der Waals surface area (Å²) in [6.45, 7) is 3.46. The number of methoxy groups -OCH3 is 1. The molecule has 1 fully saturated rings. The van der Waals surface area contributed by atoms with Crippen LogP contribution in [0.3, 0.4) is 0 Å². The first-order chi connectivity index (χ1) is 12.2. The highest BCUT2D eigenvalue weighted by Gasteiger charge is 2.14. The molecule has 2 rings (SSSR count). The van der Waals surface area contributed by atoms with E-state index in [1.807, 2.05) is 6.07 Å². The van der Waals surface area contributed by atoms with Crippen LogP contribution in [0.15, 0.2) is 23.2 Å². The standard InChI is InChI=1S/C18H28FN3O3/c1-20-18(21-8-4-9-24-13-15-5-3-10-25-15)22-12-14-6-7-17(23-2)16(19)11-14/h6-7,11,15H,3-5,8-10,12-13H2,1-2H3,(H2,20,21,22). The predicted molar refractivity (Wildman–Crippen MR) is 95.6 cm³/mol. The van der Waals surface area contributed by atoms with E-state index in [2.05, 4.69) is 15.6 Å². The SMILES string of the molecule is CN=C(NCCCOCC1CCCO1)NCc1ccc(OC)c(F)c1. The maximum absolute atomic E-state index is 13.7. The summed E-state index contributed by atoms with van der Waals surface area (Å²) in [4.78, 5) is 4.16. The van der Waals surface area contributed by atoms with Crippen molar-refractivity contribution in [3.63, 3.8) is 0 Å². The highest BCUT2D eigenvalue weighted by molar-refractivity contribution is 5.79. The van der Waals surface area contributed by atoms with Gasteiger partial charge in [0.2, 0.25) is 0 Å². The summed E-state index contributed by atoms with van der Waals surface area (Å²) >= 11 is 0. The van der Waals surface area contributed by atoms with E-state index in [4.69, 9.17) is 14.2 Å². The second kappa shape index (κ2) is 10.9. The van der Waals surface area contributed by atoms with Gasteiger partial charge in [-0.25, -0.2) is 4.39 Å². The molecule has 0 radical (unpaired) electrons. The lowest BCUT2D eigenvalue weighted by Gasteiger charge is -2.13. The van der Waals surface area contributed by atoms with E-state index in [0.29, 0.717) is 25.7 Å². The molecule has 1 aliphatic heterocycles. The molecule has 0 bridgehead atoms. The lowest BCUT2D eigenvalue weighted by Crippen LogP contribution is -2.37. The zero-order chi connectivity index (χ0) is 17.9. The van der Waals surface area contributed by atoms with Gasteiger partial charge in [0.25, 0.3) is 0 Å². The number of hydrogen-bond donors (Lipinski definition) is 2. The van der Waals surface area contributed by atoms with E-state index < -0.39 is 0 Å². The van der Waals surface area contributed by atoms with Crippen LogP contribution >= 0.6 is 0 Å². The van der Waals surface area contributed by atoms with Crippen LogP contribution in [0.1, 0.15) is 24.8 Å². The molecule has 7 heteroatoms. The normalized spacial score (nSPS) is 17.6. The van der Waals surface area contributed by atoms with Crippen molar-refractivity contribution >= 4 is 5.96 Å². The second-order valence-electron chi connectivity index (χ2n) is 5.88. The van der Waals surface area contributed by atoms with Crippen LogP contribution < -0.4 is 15.4 Å². The van der Waals surface area contributed by atoms with Crippen molar-refractivity contribution in [3.8, 4) is 5.75 Å². The Morgan fingerprint density at radius 1 is 1.40 bits per heavy atom. The summed E-state index contributed by atoms with van der Waals surface area (Å²) in [7, 11) is 3.16. The van der Waals surface area contributed by atoms with Crippen molar-refractivity contribution < 1.29 is 18.6 Å². The molecule has 1 unspecified atom stereocenters. The Kier molecular flexibility index (Phi) is 8.48. The van der Waals surface area contributed by atoms with Gasteiger partial charge in [0.1, 0.15) is 0 Å². The van der Waals surface area contributed by atoms with Gasteiger partial charge in [0.15, 0.2) is 17.5 Å². The van der Waals surface area contributed by atoms with Gasteiger partial charge in [0, 0.05) is 33.4 Å². The number of ether oxygens (including phenoxy) is 3. The van der Waals surface area contributed by atoms with Gasteiger partial charge in [-0.1, -0.05) is 6.07 Å². The summed E-state index contributed by atoms with van der Waals surface area (Å²) in [5.41, 5.74) is 0.821. The molecule has 2 N–H and O–H groups in total. The third-order valence-electron chi connectivity index (χ3n) is 3.99. The van der Waals surface area contributed by atoms with Gasteiger partial charge in [0.05, 0.1) is 19.8 Å². The van der Waals surface area contributed by atoms with Gasteiger partial charge in [-0.05, 0) is 37.0 Å². The number of rotatable bonds is 9. The summed E-state index contributed by atoms with van der Waals surface area (Å²) < 4.78 is 29.7. The molecule has 0 amide bonds. The number of nitrogens with zero attached hydrogens (tertiary/aromatic N) is 1. The van der Waals surface area contributed by atoms with E-state index >= 15 is 0 Å². The highest BCUT2D eigenvalue weighted by Crippen LogP contribution is 2.17. The quantitative estimate of drug-likeness (QED) is 0.404. The molecule has 25 heavy (non-hydrogen) atoms. The third kappa shape index (κ3) is 6.88. The average Bonchev–Trinajstić information content (AvgIpc) is 3.14. The van der Waals surface area contributed by atoms with Crippen molar-refractivity contribution in [2.45, 2.75) is 31.9 Å². The van der Waals surface area contributed by atoms with Crippen LogP contribution in [0.2, 0.25) is 0 Å². The molecular weight excluding hydrogens is 325 g/mol. The molecule has 0 aliphatic carbocycles. The molecule has 0 aromatic heterocycles. The van der Waals surface area contributed by atoms with Gasteiger partial charge in [-0.2, -0.15) is 0 Å². The van der Waals surface area contributed by atoms with Gasteiger partial charge >= 0.3 is 0 Å². The largest absolute Gasteiger partial charge is 0.494 e. The van der Waals surface area contributed by atoms with Gasteiger partial charge in [-0.15, -0.1) is 0 Å². The van der Waals surface area contributed by atoms with Crippen LogP contribution in [-0.2, 0) is 16.0 Å². The van der Waals surface area contributed by atoms with Gasteiger partial charge < -0.3 is 24.8 Å². The summed E-state index contributed by atoms with van der Waals surface area (Å²) in [5, 5.41) is 6.37. The van der Waals surface area contributed by atoms with Crippen molar-refractivity contribution in [2.24, 2.45) is 4.99 Å². The second-order valence-corrected chi connectivity index (χ2v) is 5.88. The minimum absolute atomic E-state index is 0.245. The maximum Gasteiger partial charge on any atom is 0.191 e. The van der Waals surface area contributed by atoms with Gasteiger partial charge in [-0.3, -0.25) is 4.99 Å². The molecule has 0 saturated carbocycles. The number of aliphatic imine (C=N–C) groups is 1.